The molecule has 0 saturated heterocycles. The minimum Gasteiger partial charge on any atom is -0.411 e. The molecular formula is C16H11N5O6S. The van der Waals surface area contributed by atoms with Crippen LogP contribution in [0.2, 0.25) is 0 Å². The van der Waals surface area contributed by atoms with Gasteiger partial charge in [-0.2, -0.15) is 0 Å². The number of nitrogens with zero attached hydrogens (tertiary/aromatic N) is 4. The molecule has 3 rings (SSSR count). The number of hydrogen-bond donors (Lipinski definition) is 1. The number of nitro groups is 2. The highest BCUT2D eigenvalue weighted by Gasteiger charge is 2.14. The lowest BCUT2D eigenvalue weighted by atomic mass is 10.2. The smallest absolute Gasteiger partial charge is 0.277 e. The number of nitrogens with one attached hydrogen (secondary N) is 1. The van der Waals surface area contributed by atoms with Crippen molar-refractivity contribution in [2.45, 2.75) is 5.22 Å². The van der Waals surface area contributed by atoms with E-state index in [1.54, 1.807) is 6.07 Å². The van der Waals surface area contributed by atoms with Crippen LogP contribution in [0.1, 0.15) is 0 Å². The molecule has 0 spiro atoms. The van der Waals surface area contributed by atoms with Gasteiger partial charge in [-0.3, -0.25) is 25.0 Å². The first-order valence-corrected chi connectivity index (χ1v) is 8.66. The third-order valence-electron chi connectivity index (χ3n) is 3.40. The lowest BCUT2D eigenvalue weighted by Crippen LogP contribution is -2.13. The average Bonchev–Trinajstić information content (AvgIpc) is 3.16. The minimum atomic E-state index is -0.532. The van der Waals surface area contributed by atoms with Crippen LogP contribution in [0.25, 0.3) is 11.5 Å². The second-order valence-corrected chi connectivity index (χ2v) is 6.25. The zero-order chi connectivity index (χ0) is 20.1. The zero-order valence-corrected chi connectivity index (χ0v) is 14.8. The fraction of sp³-hybridized carbons (Fsp3) is 0.0625. The number of carbonyl (C=O) groups is 1. The molecular weight excluding hydrogens is 390 g/mol. The minimum absolute atomic E-state index is 0.0342. The molecule has 1 N–H and O–H groups in total. The van der Waals surface area contributed by atoms with E-state index in [2.05, 4.69) is 15.5 Å². The van der Waals surface area contributed by atoms with Crippen molar-refractivity contribution < 1.29 is 19.1 Å². The van der Waals surface area contributed by atoms with Gasteiger partial charge in [0, 0.05) is 35.5 Å². The molecule has 12 heteroatoms. The van der Waals surface area contributed by atoms with E-state index < -0.39 is 9.85 Å². The molecule has 0 saturated carbocycles. The molecule has 0 radical (unpaired) electrons. The van der Waals surface area contributed by atoms with Crippen molar-refractivity contribution in [1.82, 2.24) is 10.2 Å². The predicted molar refractivity (Wildman–Crippen MR) is 98.8 cm³/mol. The van der Waals surface area contributed by atoms with Gasteiger partial charge in [0.1, 0.15) is 0 Å². The van der Waals surface area contributed by atoms with Crippen LogP contribution in [0.3, 0.4) is 0 Å². The summed E-state index contributed by atoms with van der Waals surface area (Å²) in [5.74, 6) is -0.302. The van der Waals surface area contributed by atoms with E-state index in [1.807, 2.05) is 0 Å². The molecule has 0 aliphatic heterocycles. The molecule has 28 heavy (non-hydrogen) atoms. The van der Waals surface area contributed by atoms with Crippen molar-refractivity contribution in [3.05, 3.63) is 68.8 Å². The lowest BCUT2D eigenvalue weighted by Gasteiger charge is -2.03. The standard InChI is InChI=1S/C16H11N5O6S/c22-14(17-11-4-6-12(7-5-11)20(23)24)9-28-16-19-18-15(27-16)10-2-1-3-13(8-10)21(25)26/h1-8H,9H2,(H,17,22). The molecule has 1 heterocycles. The summed E-state index contributed by atoms with van der Waals surface area (Å²) in [6.07, 6.45) is 0. The van der Waals surface area contributed by atoms with Gasteiger partial charge in [0.15, 0.2) is 0 Å². The van der Waals surface area contributed by atoms with Crippen LogP contribution in [0.5, 0.6) is 0 Å². The Labute approximate surface area is 161 Å². The van der Waals surface area contributed by atoms with Gasteiger partial charge >= 0.3 is 0 Å². The SMILES string of the molecule is O=C(CSc1nnc(-c2cccc([N+](=O)[O-])c2)o1)Nc1ccc([N+](=O)[O-])cc1. The predicted octanol–water partition coefficient (Wildman–Crippen LogP) is 3.28. The monoisotopic (exact) mass is 401 g/mol. The topological polar surface area (TPSA) is 154 Å². The first-order chi connectivity index (χ1) is 13.4. The normalized spacial score (nSPS) is 10.4. The Hall–Kier alpha value is -3.80. The van der Waals surface area contributed by atoms with E-state index in [4.69, 9.17) is 4.42 Å². The van der Waals surface area contributed by atoms with Gasteiger partial charge in [-0.25, -0.2) is 0 Å². The average molecular weight is 401 g/mol. The van der Waals surface area contributed by atoms with Crippen molar-refractivity contribution >= 4 is 34.7 Å². The number of benzene rings is 2. The molecule has 142 valence electrons. The Kier molecular flexibility index (Phi) is 5.60. The Balaban J connectivity index is 1.58. The molecule has 1 amide bonds. The Morgan fingerprint density at radius 1 is 1.04 bits per heavy atom. The summed E-state index contributed by atoms with van der Waals surface area (Å²) in [7, 11) is 0. The summed E-state index contributed by atoms with van der Waals surface area (Å²) in [6.45, 7) is 0. The summed E-state index contributed by atoms with van der Waals surface area (Å²) in [6, 6.07) is 11.2. The Morgan fingerprint density at radius 3 is 2.43 bits per heavy atom. The van der Waals surface area contributed by atoms with E-state index in [0.29, 0.717) is 11.3 Å². The number of nitro benzene ring substituents is 2. The van der Waals surface area contributed by atoms with E-state index >= 15 is 0 Å². The summed E-state index contributed by atoms with van der Waals surface area (Å²) in [4.78, 5) is 32.3. The third kappa shape index (κ3) is 4.67. The summed E-state index contributed by atoms with van der Waals surface area (Å²) < 4.78 is 5.41. The van der Waals surface area contributed by atoms with Crippen molar-refractivity contribution in [1.29, 1.82) is 0 Å². The van der Waals surface area contributed by atoms with Gasteiger partial charge in [0.2, 0.25) is 11.8 Å². The zero-order valence-electron chi connectivity index (χ0n) is 14.0. The molecule has 11 nitrogen and oxygen atoms in total. The number of carbonyl (C=O) groups excluding carboxylic acids is 1. The van der Waals surface area contributed by atoms with Crippen molar-refractivity contribution in [3.63, 3.8) is 0 Å². The van der Waals surface area contributed by atoms with Crippen molar-refractivity contribution in [2.75, 3.05) is 11.1 Å². The highest BCUT2D eigenvalue weighted by Crippen LogP contribution is 2.26. The molecule has 0 fully saturated rings. The number of non-ortho nitro benzene ring substituents is 2. The van der Waals surface area contributed by atoms with E-state index in [-0.39, 0.29) is 34.1 Å². The van der Waals surface area contributed by atoms with Crippen LogP contribution in [-0.2, 0) is 4.79 Å². The van der Waals surface area contributed by atoms with Crippen LogP contribution >= 0.6 is 11.8 Å². The molecule has 0 aliphatic carbocycles. The maximum absolute atomic E-state index is 12.0. The number of rotatable bonds is 7. The van der Waals surface area contributed by atoms with E-state index in [9.17, 15) is 25.0 Å². The summed E-state index contributed by atoms with van der Waals surface area (Å²) in [5.41, 5.74) is 0.627. The van der Waals surface area contributed by atoms with Gasteiger partial charge in [-0.05, 0) is 18.2 Å². The van der Waals surface area contributed by atoms with Crippen LogP contribution in [-0.4, -0.2) is 31.7 Å². The van der Waals surface area contributed by atoms with Crippen LogP contribution in [0.15, 0.2) is 58.2 Å². The highest BCUT2D eigenvalue weighted by molar-refractivity contribution is 7.99. The Bertz CT molecular complexity index is 1040. The number of amides is 1. The van der Waals surface area contributed by atoms with Crippen LogP contribution in [0, 0.1) is 20.2 Å². The summed E-state index contributed by atoms with van der Waals surface area (Å²) in [5, 5.41) is 31.8. The lowest BCUT2D eigenvalue weighted by molar-refractivity contribution is -0.385. The maximum Gasteiger partial charge on any atom is 0.277 e. The van der Waals surface area contributed by atoms with Gasteiger partial charge in [-0.1, -0.05) is 17.8 Å². The molecule has 0 atom stereocenters. The maximum atomic E-state index is 12.0. The van der Waals surface area contributed by atoms with Crippen molar-refractivity contribution in [2.24, 2.45) is 0 Å². The van der Waals surface area contributed by atoms with Gasteiger partial charge < -0.3 is 9.73 Å². The molecule has 1 aromatic heterocycles. The van der Waals surface area contributed by atoms with E-state index in [1.165, 1.54) is 42.5 Å². The van der Waals surface area contributed by atoms with E-state index in [0.717, 1.165) is 11.8 Å². The first kappa shape index (κ1) is 19.0. The molecule has 0 unspecified atom stereocenters. The highest BCUT2D eigenvalue weighted by atomic mass is 32.2. The van der Waals surface area contributed by atoms with Crippen LogP contribution < -0.4 is 5.32 Å². The fourth-order valence-corrected chi connectivity index (χ4v) is 2.69. The summed E-state index contributed by atoms with van der Waals surface area (Å²) >= 11 is 0.987. The van der Waals surface area contributed by atoms with Crippen LogP contribution in [0.4, 0.5) is 17.1 Å². The molecule has 2 aromatic carbocycles. The molecule has 0 aliphatic rings. The number of anilines is 1. The van der Waals surface area contributed by atoms with Crippen molar-refractivity contribution in [3.8, 4) is 11.5 Å². The third-order valence-corrected chi connectivity index (χ3v) is 4.22. The van der Waals surface area contributed by atoms with Gasteiger partial charge in [0.25, 0.3) is 16.6 Å². The molecule has 0 bridgehead atoms. The number of hydrogen-bond acceptors (Lipinski definition) is 9. The van der Waals surface area contributed by atoms with Gasteiger partial charge in [-0.15, -0.1) is 10.2 Å². The number of thioether (sulfide) groups is 1. The second-order valence-electron chi connectivity index (χ2n) is 5.32. The largest absolute Gasteiger partial charge is 0.411 e. The Morgan fingerprint density at radius 2 is 1.75 bits per heavy atom. The first-order valence-electron chi connectivity index (χ1n) is 7.68. The van der Waals surface area contributed by atoms with Gasteiger partial charge in [0.05, 0.1) is 15.6 Å². The fourth-order valence-electron chi connectivity index (χ4n) is 2.13. The molecule has 3 aromatic rings. The quantitative estimate of drug-likeness (QED) is 0.356. The number of aromatic nitrogens is 2. The second kappa shape index (κ2) is 8.26.